The largest absolute Gasteiger partial charge is 0.348 e. The topological polar surface area (TPSA) is 57.3 Å². The van der Waals surface area contributed by atoms with Gasteiger partial charge in [-0.05, 0) is 37.2 Å². The van der Waals surface area contributed by atoms with Crippen molar-refractivity contribution in [3.63, 3.8) is 0 Å². The predicted molar refractivity (Wildman–Crippen MR) is 77.5 cm³/mol. The Hall–Kier alpha value is -1.69. The maximum atomic E-state index is 11.8. The highest BCUT2D eigenvalue weighted by Gasteiger charge is 2.13. The Balaban J connectivity index is 1.81. The predicted octanol–water partition coefficient (Wildman–Crippen LogP) is 1.48. The summed E-state index contributed by atoms with van der Waals surface area (Å²) in [5.74, 6) is -0.231. The number of carbonyl (C=O) groups is 1. The monoisotopic (exact) mass is 278 g/mol. The zero-order chi connectivity index (χ0) is 13.5. The van der Waals surface area contributed by atoms with Crippen LogP contribution in [0.5, 0.6) is 0 Å². The molecule has 1 aromatic rings. The number of pyridine rings is 1. The van der Waals surface area contributed by atoms with E-state index < -0.39 is 0 Å². The number of hydrazine groups is 1. The van der Waals surface area contributed by atoms with Crippen LogP contribution in [0.1, 0.15) is 36.0 Å². The number of nitrogens with zero attached hydrogens (tertiary/aromatic N) is 2. The van der Waals surface area contributed by atoms with Crippen molar-refractivity contribution in [2.75, 3.05) is 13.1 Å². The van der Waals surface area contributed by atoms with Gasteiger partial charge in [-0.15, -0.1) is 0 Å². The van der Waals surface area contributed by atoms with E-state index in [0.717, 1.165) is 25.9 Å². The Kier molecular flexibility index (Phi) is 5.09. The molecule has 2 heterocycles. The SMILES string of the molecule is O=C(NNC(=S)N1CCCCCC1)c1cccnc1. The number of aromatic nitrogens is 1. The first-order valence-electron chi connectivity index (χ1n) is 6.52. The average Bonchev–Trinajstić information content (AvgIpc) is 2.74. The quantitative estimate of drug-likeness (QED) is 0.602. The number of rotatable bonds is 1. The van der Waals surface area contributed by atoms with Gasteiger partial charge in [0.05, 0.1) is 5.56 Å². The molecule has 19 heavy (non-hydrogen) atoms. The van der Waals surface area contributed by atoms with Crippen molar-refractivity contribution in [3.05, 3.63) is 30.1 Å². The Morgan fingerprint density at radius 2 is 1.95 bits per heavy atom. The number of nitrogens with one attached hydrogen (secondary N) is 2. The number of amides is 1. The van der Waals surface area contributed by atoms with Crippen molar-refractivity contribution in [2.24, 2.45) is 0 Å². The number of carbonyl (C=O) groups excluding carboxylic acids is 1. The molecular formula is C13H18N4OS. The van der Waals surface area contributed by atoms with Crippen molar-refractivity contribution >= 4 is 23.2 Å². The molecule has 0 radical (unpaired) electrons. The van der Waals surface area contributed by atoms with Gasteiger partial charge in [0.15, 0.2) is 5.11 Å². The molecule has 2 N–H and O–H groups in total. The summed E-state index contributed by atoms with van der Waals surface area (Å²) in [5, 5.41) is 0.583. The van der Waals surface area contributed by atoms with Crippen molar-refractivity contribution in [2.45, 2.75) is 25.7 Å². The Bertz CT molecular complexity index is 430. The molecule has 1 aromatic heterocycles. The summed E-state index contributed by atoms with van der Waals surface area (Å²) in [6.45, 7) is 1.91. The van der Waals surface area contributed by atoms with Gasteiger partial charge >= 0.3 is 0 Å². The van der Waals surface area contributed by atoms with E-state index in [1.165, 1.54) is 19.0 Å². The van der Waals surface area contributed by atoms with Gasteiger partial charge in [0, 0.05) is 25.5 Å². The molecule has 0 spiro atoms. The van der Waals surface area contributed by atoms with Crippen LogP contribution in [0.2, 0.25) is 0 Å². The zero-order valence-electron chi connectivity index (χ0n) is 10.8. The molecule has 1 amide bonds. The summed E-state index contributed by atoms with van der Waals surface area (Å²) in [5.41, 5.74) is 5.92. The van der Waals surface area contributed by atoms with E-state index in [1.807, 2.05) is 0 Å². The Labute approximate surface area is 118 Å². The molecule has 2 rings (SSSR count). The fraction of sp³-hybridized carbons (Fsp3) is 0.462. The second-order valence-electron chi connectivity index (χ2n) is 4.53. The molecule has 5 nitrogen and oxygen atoms in total. The van der Waals surface area contributed by atoms with Crippen molar-refractivity contribution in [3.8, 4) is 0 Å². The number of thiocarbonyl (C=S) groups is 1. The van der Waals surface area contributed by atoms with Crippen LogP contribution in [0.15, 0.2) is 24.5 Å². The summed E-state index contributed by atoms with van der Waals surface area (Å²) in [7, 11) is 0. The first-order chi connectivity index (χ1) is 9.27. The van der Waals surface area contributed by atoms with Gasteiger partial charge in [0.25, 0.3) is 5.91 Å². The smallest absolute Gasteiger partial charge is 0.271 e. The van der Waals surface area contributed by atoms with Crippen molar-refractivity contribution < 1.29 is 4.79 Å². The van der Waals surface area contributed by atoms with Crippen molar-refractivity contribution in [1.82, 2.24) is 20.7 Å². The maximum absolute atomic E-state index is 11.8. The lowest BCUT2D eigenvalue weighted by atomic mass is 10.2. The number of hydrogen-bond donors (Lipinski definition) is 2. The summed E-state index contributed by atoms with van der Waals surface area (Å²) in [4.78, 5) is 17.8. The van der Waals surface area contributed by atoms with Crippen LogP contribution in [0.25, 0.3) is 0 Å². The highest BCUT2D eigenvalue weighted by Crippen LogP contribution is 2.09. The first kappa shape index (κ1) is 13.7. The lowest BCUT2D eigenvalue weighted by Gasteiger charge is -2.23. The highest BCUT2D eigenvalue weighted by molar-refractivity contribution is 7.80. The molecule has 0 atom stereocenters. The average molecular weight is 278 g/mol. The fourth-order valence-corrected chi connectivity index (χ4v) is 2.27. The summed E-state index contributed by atoms with van der Waals surface area (Å²) in [6, 6.07) is 3.43. The van der Waals surface area contributed by atoms with Crippen LogP contribution < -0.4 is 10.9 Å². The lowest BCUT2D eigenvalue weighted by Crippen LogP contribution is -2.48. The van der Waals surface area contributed by atoms with Crippen LogP contribution in [0.3, 0.4) is 0 Å². The van der Waals surface area contributed by atoms with E-state index in [4.69, 9.17) is 12.2 Å². The first-order valence-corrected chi connectivity index (χ1v) is 6.93. The number of hydrogen-bond acceptors (Lipinski definition) is 3. The minimum Gasteiger partial charge on any atom is -0.348 e. The standard InChI is InChI=1S/C13H18N4OS/c18-12(11-6-5-7-14-10-11)15-16-13(19)17-8-3-1-2-4-9-17/h5-7,10H,1-4,8-9H2,(H,15,18)(H,16,19). The van der Waals surface area contributed by atoms with Gasteiger partial charge in [0.1, 0.15) is 0 Å². The molecule has 6 heteroatoms. The molecule has 102 valence electrons. The van der Waals surface area contributed by atoms with E-state index in [1.54, 1.807) is 18.3 Å². The minimum atomic E-state index is -0.231. The molecule has 0 aromatic carbocycles. The van der Waals surface area contributed by atoms with Crippen LogP contribution in [-0.4, -0.2) is 34.0 Å². The van der Waals surface area contributed by atoms with Crippen LogP contribution in [0.4, 0.5) is 0 Å². The second kappa shape index (κ2) is 7.04. The van der Waals surface area contributed by atoms with E-state index in [-0.39, 0.29) is 5.91 Å². The molecule has 1 saturated heterocycles. The number of likely N-dealkylation sites (tertiary alicyclic amines) is 1. The highest BCUT2D eigenvalue weighted by atomic mass is 32.1. The summed E-state index contributed by atoms with van der Waals surface area (Å²) < 4.78 is 0. The van der Waals surface area contributed by atoms with E-state index in [0.29, 0.717) is 10.7 Å². The van der Waals surface area contributed by atoms with Gasteiger partial charge in [0.2, 0.25) is 0 Å². The van der Waals surface area contributed by atoms with E-state index in [9.17, 15) is 4.79 Å². The normalized spacial score (nSPS) is 15.5. The molecule has 0 unspecified atom stereocenters. The third kappa shape index (κ3) is 4.17. The van der Waals surface area contributed by atoms with Crippen LogP contribution >= 0.6 is 12.2 Å². The van der Waals surface area contributed by atoms with E-state index >= 15 is 0 Å². The van der Waals surface area contributed by atoms with Crippen LogP contribution in [-0.2, 0) is 0 Å². The zero-order valence-corrected chi connectivity index (χ0v) is 11.6. The molecule has 0 bridgehead atoms. The molecule has 0 saturated carbocycles. The van der Waals surface area contributed by atoms with Gasteiger partial charge in [-0.2, -0.15) is 0 Å². The van der Waals surface area contributed by atoms with Crippen LogP contribution in [0, 0.1) is 0 Å². The molecule has 1 fully saturated rings. The Morgan fingerprint density at radius 3 is 2.58 bits per heavy atom. The summed E-state index contributed by atoms with van der Waals surface area (Å²) in [6.07, 6.45) is 7.96. The fourth-order valence-electron chi connectivity index (χ4n) is 2.03. The van der Waals surface area contributed by atoms with Gasteiger partial charge in [-0.1, -0.05) is 12.8 Å². The third-order valence-corrected chi connectivity index (χ3v) is 3.46. The Morgan fingerprint density at radius 1 is 1.21 bits per heavy atom. The minimum absolute atomic E-state index is 0.231. The molecule has 0 aliphatic carbocycles. The summed E-state index contributed by atoms with van der Waals surface area (Å²) >= 11 is 5.29. The molecular weight excluding hydrogens is 260 g/mol. The van der Waals surface area contributed by atoms with Gasteiger partial charge < -0.3 is 4.90 Å². The maximum Gasteiger partial charge on any atom is 0.271 e. The van der Waals surface area contributed by atoms with E-state index in [2.05, 4.69) is 20.7 Å². The lowest BCUT2D eigenvalue weighted by molar-refractivity contribution is 0.0942. The van der Waals surface area contributed by atoms with Crippen molar-refractivity contribution in [1.29, 1.82) is 0 Å². The van der Waals surface area contributed by atoms with Gasteiger partial charge in [-0.3, -0.25) is 20.6 Å². The van der Waals surface area contributed by atoms with Gasteiger partial charge in [-0.25, -0.2) is 0 Å². The second-order valence-corrected chi connectivity index (χ2v) is 4.91. The third-order valence-electron chi connectivity index (χ3n) is 3.10. The molecule has 1 aliphatic rings. The molecule has 1 aliphatic heterocycles.